The van der Waals surface area contributed by atoms with E-state index in [1.165, 1.54) is 0 Å². The summed E-state index contributed by atoms with van der Waals surface area (Å²) < 4.78 is 5.47. The van der Waals surface area contributed by atoms with E-state index < -0.39 is 35.8 Å². The molecule has 6 atom stereocenters. The number of anilines is 2. The Balaban J connectivity index is 1.71. The monoisotopic (exact) mass is 575 g/mol. The molecule has 2 N–H and O–H groups in total. The summed E-state index contributed by atoms with van der Waals surface area (Å²) in [7, 11) is 0. The van der Waals surface area contributed by atoms with Crippen molar-refractivity contribution in [1.82, 2.24) is 4.90 Å². The minimum Gasteiger partial charge on any atom is -0.466 e. The van der Waals surface area contributed by atoms with Gasteiger partial charge in [0.05, 0.1) is 31.1 Å². The van der Waals surface area contributed by atoms with Gasteiger partial charge in [0.15, 0.2) is 0 Å². The zero-order valence-electron chi connectivity index (χ0n) is 25.2. The lowest BCUT2D eigenvalue weighted by Gasteiger charge is -2.34. The first kappa shape index (κ1) is 31.3. The van der Waals surface area contributed by atoms with Crippen LogP contribution in [0.3, 0.4) is 0 Å². The summed E-state index contributed by atoms with van der Waals surface area (Å²) in [4.78, 5) is 45.5. The molecule has 42 heavy (non-hydrogen) atoms. The van der Waals surface area contributed by atoms with Crippen molar-refractivity contribution >= 4 is 29.2 Å². The molecule has 2 aliphatic rings. The normalized spacial score (nSPS) is 23.8. The number of carbonyl (C=O) groups is 3. The molecule has 0 bridgehead atoms. The second-order valence-corrected chi connectivity index (χ2v) is 11.1. The van der Waals surface area contributed by atoms with Crippen molar-refractivity contribution in [2.24, 2.45) is 23.7 Å². The van der Waals surface area contributed by atoms with Crippen LogP contribution in [0.2, 0.25) is 0 Å². The quantitative estimate of drug-likeness (QED) is 0.266. The van der Waals surface area contributed by atoms with Crippen LogP contribution in [0.1, 0.15) is 46.1 Å². The van der Waals surface area contributed by atoms with Crippen LogP contribution >= 0.6 is 0 Å². The van der Waals surface area contributed by atoms with E-state index in [2.05, 4.69) is 24.1 Å². The highest BCUT2D eigenvalue weighted by atomic mass is 16.5. The zero-order valence-corrected chi connectivity index (χ0v) is 25.2. The Morgan fingerprint density at radius 3 is 2.29 bits per heavy atom. The molecule has 4 rings (SSSR count). The highest BCUT2D eigenvalue weighted by Crippen LogP contribution is 2.46. The maximum absolute atomic E-state index is 14.3. The van der Waals surface area contributed by atoms with E-state index in [9.17, 15) is 19.5 Å². The molecule has 1 fully saturated rings. The van der Waals surface area contributed by atoms with E-state index in [-0.39, 0.29) is 30.9 Å². The van der Waals surface area contributed by atoms with Crippen molar-refractivity contribution in [3.63, 3.8) is 0 Å². The summed E-state index contributed by atoms with van der Waals surface area (Å²) in [5.74, 6) is -3.12. The number of esters is 1. The summed E-state index contributed by atoms with van der Waals surface area (Å²) >= 11 is 0. The van der Waals surface area contributed by atoms with Gasteiger partial charge in [-0.05, 0) is 69.4 Å². The third-order valence-corrected chi connectivity index (χ3v) is 8.68. The molecule has 1 aliphatic carbocycles. The maximum Gasteiger partial charge on any atom is 0.310 e. The number of allylic oxidation sites excluding steroid dienone is 1. The van der Waals surface area contributed by atoms with Gasteiger partial charge >= 0.3 is 5.97 Å². The molecule has 0 unspecified atom stereocenters. The molecule has 0 spiro atoms. The van der Waals surface area contributed by atoms with Crippen molar-refractivity contribution in [1.29, 1.82) is 0 Å². The first-order valence-corrected chi connectivity index (χ1v) is 15.4. The van der Waals surface area contributed by atoms with Gasteiger partial charge in [0.25, 0.3) is 0 Å². The third-order valence-electron chi connectivity index (χ3n) is 8.68. The minimum absolute atomic E-state index is 0.155. The van der Waals surface area contributed by atoms with E-state index >= 15 is 0 Å². The predicted octanol–water partition coefficient (Wildman–Crippen LogP) is 4.68. The molecule has 8 heteroatoms. The molecule has 2 aromatic carbocycles. The number of likely N-dealkylation sites (tertiary alicyclic amines) is 1. The molecular weight excluding hydrogens is 530 g/mol. The molecule has 1 saturated heterocycles. The Labute approximate surface area is 249 Å². The fourth-order valence-corrected chi connectivity index (χ4v) is 6.71. The standard InChI is InChI=1S/C34H45N3O5/c1-5-12-24-15-20-28-30(29(24)34(41)42-8-4)33(40)37(27(22-38)21-23-13-10-9-11-14-23)31(28)32(39)35-25-16-18-26(19-17-25)36(6-2)7-3/h9-11,13-20,24,27-31,38H,5-8,12,21-22H2,1-4H3,(H,35,39)/t24-,27-,28+,29-,30+,31+/m1/s1. The van der Waals surface area contributed by atoms with Crippen LogP contribution in [0.25, 0.3) is 0 Å². The molecule has 0 radical (unpaired) electrons. The number of ether oxygens (including phenoxy) is 1. The Bertz CT molecular complexity index is 1230. The Morgan fingerprint density at radius 1 is 1.00 bits per heavy atom. The highest BCUT2D eigenvalue weighted by Gasteiger charge is 2.58. The van der Waals surface area contributed by atoms with Crippen molar-refractivity contribution < 1.29 is 24.2 Å². The summed E-state index contributed by atoms with van der Waals surface area (Å²) in [5.41, 5.74) is 2.64. The van der Waals surface area contributed by atoms with Gasteiger partial charge in [0.2, 0.25) is 11.8 Å². The van der Waals surface area contributed by atoms with Gasteiger partial charge < -0.3 is 25.0 Å². The zero-order chi connectivity index (χ0) is 30.2. The van der Waals surface area contributed by atoms with Gasteiger partial charge in [-0.1, -0.05) is 55.8 Å². The Hall–Kier alpha value is -3.65. The van der Waals surface area contributed by atoms with Crippen LogP contribution in [0, 0.1) is 23.7 Å². The number of nitrogens with one attached hydrogen (secondary N) is 1. The molecule has 1 aliphatic heterocycles. The molecule has 2 amide bonds. The van der Waals surface area contributed by atoms with Crippen molar-refractivity contribution in [3.05, 3.63) is 72.3 Å². The van der Waals surface area contributed by atoms with Gasteiger partial charge in [0.1, 0.15) is 6.04 Å². The smallest absolute Gasteiger partial charge is 0.310 e. The maximum atomic E-state index is 14.3. The molecule has 2 aromatic rings. The first-order chi connectivity index (χ1) is 20.4. The molecule has 0 aromatic heterocycles. The minimum atomic E-state index is -0.887. The lowest BCUT2D eigenvalue weighted by Crippen LogP contribution is -2.51. The lowest BCUT2D eigenvalue weighted by atomic mass is 9.69. The molecular formula is C34H45N3O5. The number of fused-ring (bicyclic) bond motifs is 1. The van der Waals surface area contributed by atoms with Gasteiger partial charge in [0, 0.05) is 30.4 Å². The summed E-state index contributed by atoms with van der Waals surface area (Å²) in [5, 5.41) is 13.6. The van der Waals surface area contributed by atoms with Gasteiger partial charge in [-0.3, -0.25) is 14.4 Å². The fourth-order valence-electron chi connectivity index (χ4n) is 6.71. The molecule has 226 valence electrons. The number of aliphatic hydroxyl groups excluding tert-OH is 1. The SMILES string of the molecule is CCC[C@@H]1C=C[C@H]2[C@H](C(=O)N([C@@H](CO)Cc3ccccc3)[C@@H]2C(=O)Nc2ccc(N(CC)CC)cc2)[C@@H]1C(=O)OCC. The van der Waals surface area contributed by atoms with Crippen LogP contribution in [0.4, 0.5) is 11.4 Å². The Kier molecular flexibility index (Phi) is 10.8. The van der Waals surface area contributed by atoms with E-state index in [1.54, 1.807) is 11.8 Å². The van der Waals surface area contributed by atoms with Crippen molar-refractivity contribution in [2.45, 2.75) is 59.0 Å². The average Bonchev–Trinajstić information content (AvgIpc) is 3.30. The van der Waals surface area contributed by atoms with Gasteiger partial charge in [-0.15, -0.1) is 0 Å². The number of hydrogen-bond acceptors (Lipinski definition) is 6. The van der Waals surface area contributed by atoms with Crippen molar-refractivity contribution in [3.8, 4) is 0 Å². The average molecular weight is 576 g/mol. The van der Waals surface area contributed by atoms with E-state index in [4.69, 9.17) is 4.74 Å². The summed E-state index contributed by atoms with van der Waals surface area (Å²) in [6.07, 6.45) is 5.91. The van der Waals surface area contributed by atoms with Gasteiger partial charge in [-0.25, -0.2) is 0 Å². The predicted molar refractivity (Wildman–Crippen MR) is 165 cm³/mol. The van der Waals surface area contributed by atoms with Crippen molar-refractivity contribution in [2.75, 3.05) is 36.5 Å². The van der Waals surface area contributed by atoms with E-state index in [0.717, 1.165) is 37.2 Å². The van der Waals surface area contributed by atoms with E-state index in [0.29, 0.717) is 12.1 Å². The second kappa shape index (κ2) is 14.5. The number of aliphatic hydroxyl groups is 1. The van der Waals surface area contributed by atoms with Crippen LogP contribution in [0.5, 0.6) is 0 Å². The lowest BCUT2D eigenvalue weighted by molar-refractivity contribution is -0.156. The topological polar surface area (TPSA) is 99.2 Å². The van der Waals surface area contributed by atoms with E-state index in [1.807, 2.05) is 73.7 Å². The number of benzene rings is 2. The second-order valence-electron chi connectivity index (χ2n) is 11.1. The van der Waals surface area contributed by atoms with Crippen LogP contribution in [-0.2, 0) is 25.5 Å². The van der Waals surface area contributed by atoms with Crippen LogP contribution < -0.4 is 10.2 Å². The molecule has 0 saturated carbocycles. The largest absolute Gasteiger partial charge is 0.466 e. The number of carbonyl (C=O) groups excluding carboxylic acids is 3. The number of amides is 2. The first-order valence-electron chi connectivity index (χ1n) is 15.4. The summed E-state index contributed by atoms with van der Waals surface area (Å²) in [6, 6.07) is 15.8. The number of hydrogen-bond donors (Lipinski definition) is 2. The third kappa shape index (κ3) is 6.54. The van der Waals surface area contributed by atoms with Crippen LogP contribution in [0.15, 0.2) is 66.7 Å². The van der Waals surface area contributed by atoms with Crippen LogP contribution in [-0.4, -0.2) is 66.2 Å². The number of nitrogens with zero attached hydrogens (tertiary/aromatic N) is 2. The Morgan fingerprint density at radius 2 is 1.69 bits per heavy atom. The molecule has 8 nitrogen and oxygen atoms in total. The molecule has 1 heterocycles. The number of rotatable bonds is 13. The summed E-state index contributed by atoms with van der Waals surface area (Å²) in [6.45, 7) is 9.66. The fraction of sp³-hybridized carbons (Fsp3) is 0.500. The van der Waals surface area contributed by atoms with Gasteiger partial charge in [-0.2, -0.15) is 0 Å². The highest BCUT2D eigenvalue weighted by molar-refractivity contribution is 6.02.